The van der Waals surface area contributed by atoms with Crippen molar-refractivity contribution in [2.75, 3.05) is 11.3 Å². The monoisotopic (exact) mass is 340 g/mol. The van der Waals surface area contributed by atoms with Gasteiger partial charge in [0, 0.05) is 10.1 Å². The number of nitrogens with two attached hydrogens (primary N) is 1. The largest absolute Gasteiger partial charge is 0.329 e. The van der Waals surface area contributed by atoms with Crippen LogP contribution in [0.3, 0.4) is 0 Å². The van der Waals surface area contributed by atoms with Crippen molar-refractivity contribution in [1.29, 1.82) is 0 Å². The lowest BCUT2D eigenvalue weighted by molar-refractivity contribution is 0.589. The highest BCUT2D eigenvalue weighted by Crippen LogP contribution is 2.19. The first kappa shape index (κ1) is 12.7. The summed E-state index contributed by atoms with van der Waals surface area (Å²) in [6, 6.07) is 7.20. The average Bonchev–Trinajstić information content (AvgIpc) is 2.20. The maximum atomic E-state index is 11.7. The molecule has 0 aliphatic rings. The number of anilines is 1. The smallest absolute Gasteiger partial charge is 0.236 e. The van der Waals surface area contributed by atoms with Crippen LogP contribution >= 0.6 is 22.6 Å². The van der Waals surface area contributed by atoms with E-state index in [4.69, 9.17) is 5.73 Å². The number of hydrogen-bond donors (Lipinski definition) is 2. The molecule has 0 amide bonds. The molecule has 15 heavy (non-hydrogen) atoms. The first-order valence-corrected chi connectivity index (χ1v) is 7.06. The number of halogens is 1. The highest BCUT2D eigenvalue weighted by Gasteiger charge is 2.19. The minimum atomic E-state index is -3.37. The summed E-state index contributed by atoms with van der Waals surface area (Å²) in [7, 11) is -3.37. The van der Waals surface area contributed by atoms with Gasteiger partial charge in [0.25, 0.3) is 0 Å². The maximum Gasteiger partial charge on any atom is 0.236 e. The zero-order valence-electron chi connectivity index (χ0n) is 8.27. The predicted octanol–water partition coefficient (Wildman–Crippen LogP) is 1.38. The van der Waals surface area contributed by atoms with Gasteiger partial charge < -0.3 is 5.73 Å². The minimum Gasteiger partial charge on any atom is -0.329 e. The van der Waals surface area contributed by atoms with Gasteiger partial charge >= 0.3 is 0 Å². The molecule has 1 aromatic carbocycles. The molecule has 0 aromatic heterocycles. The maximum absolute atomic E-state index is 11.7. The Bertz CT molecular complexity index is 433. The van der Waals surface area contributed by atoms with Crippen LogP contribution in [0.5, 0.6) is 0 Å². The summed E-state index contributed by atoms with van der Waals surface area (Å²) in [4.78, 5) is 0. The fourth-order valence-electron chi connectivity index (χ4n) is 0.925. The predicted molar refractivity (Wildman–Crippen MR) is 70.2 cm³/mol. The molecule has 0 spiro atoms. The molecule has 1 aromatic rings. The van der Waals surface area contributed by atoms with Crippen molar-refractivity contribution in [3.63, 3.8) is 0 Å². The summed E-state index contributed by atoms with van der Waals surface area (Å²) in [5.74, 6) is 0. The molecule has 4 nitrogen and oxygen atoms in total. The number of rotatable bonds is 4. The van der Waals surface area contributed by atoms with Gasteiger partial charge in [0.05, 0.1) is 10.9 Å². The second kappa shape index (κ2) is 5.13. The van der Waals surface area contributed by atoms with Gasteiger partial charge in [-0.1, -0.05) is 12.1 Å². The number of benzene rings is 1. The summed E-state index contributed by atoms with van der Waals surface area (Å²) in [5, 5.41) is -0.589. The second-order valence-corrected chi connectivity index (χ2v) is 6.43. The first-order valence-electron chi connectivity index (χ1n) is 4.43. The zero-order chi connectivity index (χ0) is 11.5. The Morgan fingerprint density at radius 2 is 2.07 bits per heavy atom. The van der Waals surface area contributed by atoms with E-state index in [1.807, 2.05) is 12.1 Å². The number of nitrogens with one attached hydrogen (secondary N) is 1. The van der Waals surface area contributed by atoms with Crippen LogP contribution in [-0.4, -0.2) is 20.2 Å². The van der Waals surface area contributed by atoms with Gasteiger partial charge in [0.1, 0.15) is 0 Å². The van der Waals surface area contributed by atoms with Crippen LogP contribution in [0.4, 0.5) is 5.69 Å². The van der Waals surface area contributed by atoms with Crippen molar-refractivity contribution in [2.24, 2.45) is 5.73 Å². The molecule has 1 atom stereocenters. The van der Waals surface area contributed by atoms with Crippen LogP contribution in [0.25, 0.3) is 0 Å². The molecule has 3 N–H and O–H groups in total. The quantitative estimate of drug-likeness (QED) is 0.814. The van der Waals surface area contributed by atoms with Crippen molar-refractivity contribution in [3.05, 3.63) is 27.8 Å². The molecule has 0 aliphatic carbocycles. The standard InChI is InChI=1S/C9H13IN2O2S/c1-7(6-11)15(13,14)12-9-5-3-2-4-8(9)10/h2-5,7,12H,6,11H2,1H3. The Morgan fingerprint density at radius 1 is 1.47 bits per heavy atom. The Labute approximate surface area is 103 Å². The summed E-state index contributed by atoms with van der Waals surface area (Å²) in [5.41, 5.74) is 5.92. The van der Waals surface area contributed by atoms with Gasteiger partial charge in [-0.15, -0.1) is 0 Å². The third-order valence-electron chi connectivity index (χ3n) is 1.99. The van der Waals surface area contributed by atoms with E-state index < -0.39 is 15.3 Å². The fourth-order valence-corrected chi connectivity index (χ4v) is 2.57. The molecule has 0 aliphatic heterocycles. The Hall–Kier alpha value is -0.340. The van der Waals surface area contributed by atoms with Crippen molar-refractivity contribution < 1.29 is 8.42 Å². The van der Waals surface area contributed by atoms with Crippen molar-refractivity contribution in [3.8, 4) is 0 Å². The van der Waals surface area contributed by atoms with Crippen LogP contribution in [0.1, 0.15) is 6.92 Å². The lowest BCUT2D eigenvalue weighted by Crippen LogP contribution is -2.31. The molecular weight excluding hydrogens is 327 g/mol. The first-order chi connectivity index (χ1) is 6.97. The molecule has 1 unspecified atom stereocenters. The van der Waals surface area contributed by atoms with E-state index in [0.717, 1.165) is 3.57 Å². The molecule has 84 valence electrons. The van der Waals surface area contributed by atoms with Gasteiger partial charge in [-0.25, -0.2) is 8.42 Å². The molecule has 6 heteroatoms. The van der Waals surface area contributed by atoms with E-state index in [1.165, 1.54) is 0 Å². The van der Waals surface area contributed by atoms with Crippen LogP contribution in [0.2, 0.25) is 0 Å². The van der Waals surface area contributed by atoms with Gasteiger partial charge in [0.15, 0.2) is 0 Å². The molecule has 0 bridgehead atoms. The molecule has 0 radical (unpaired) electrons. The lowest BCUT2D eigenvalue weighted by Gasteiger charge is -2.13. The number of sulfonamides is 1. The lowest BCUT2D eigenvalue weighted by atomic mass is 10.3. The van der Waals surface area contributed by atoms with Gasteiger partial charge in [-0.05, 0) is 41.6 Å². The van der Waals surface area contributed by atoms with E-state index in [2.05, 4.69) is 27.3 Å². The van der Waals surface area contributed by atoms with Crippen molar-refractivity contribution >= 4 is 38.3 Å². The normalized spacial score (nSPS) is 13.5. The Morgan fingerprint density at radius 3 is 2.60 bits per heavy atom. The van der Waals surface area contributed by atoms with Crippen LogP contribution in [-0.2, 0) is 10.0 Å². The van der Waals surface area contributed by atoms with Crippen molar-refractivity contribution in [2.45, 2.75) is 12.2 Å². The highest BCUT2D eigenvalue weighted by molar-refractivity contribution is 14.1. The topological polar surface area (TPSA) is 72.2 Å². The summed E-state index contributed by atoms with van der Waals surface area (Å²) in [6.45, 7) is 1.69. The minimum absolute atomic E-state index is 0.110. The molecule has 0 fully saturated rings. The van der Waals surface area contributed by atoms with E-state index in [1.54, 1.807) is 19.1 Å². The van der Waals surface area contributed by atoms with Crippen LogP contribution in [0, 0.1) is 3.57 Å². The average molecular weight is 340 g/mol. The molecule has 0 saturated carbocycles. The third-order valence-corrected chi connectivity index (χ3v) is 4.68. The van der Waals surface area contributed by atoms with Crippen LogP contribution < -0.4 is 10.5 Å². The SMILES string of the molecule is CC(CN)S(=O)(=O)Nc1ccccc1I. The fraction of sp³-hybridized carbons (Fsp3) is 0.333. The summed E-state index contributed by atoms with van der Waals surface area (Å²) >= 11 is 2.08. The third kappa shape index (κ3) is 3.32. The van der Waals surface area contributed by atoms with E-state index >= 15 is 0 Å². The summed E-state index contributed by atoms with van der Waals surface area (Å²) < 4.78 is 26.8. The van der Waals surface area contributed by atoms with E-state index in [-0.39, 0.29) is 6.54 Å². The Balaban J connectivity index is 2.92. The summed E-state index contributed by atoms with van der Waals surface area (Å²) in [6.07, 6.45) is 0. The van der Waals surface area contributed by atoms with E-state index in [0.29, 0.717) is 5.69 Å². The van der Waals surface area contributed by atoms with Gasteiger partial charge in [0.2, 0.25) is 10.0 Å². The zero-order valence-corrected chi connectivity index (χ0v) is 11.2. The molecule has 0 heterocycles. The van der Waals surface area contributed by atoms with Crippen LogP contribution in [0.15, 0.2) is 24.3 Å². The molecule has 1 rings (SSSR count). The van der Waals surface area contributed by atoms with Gasteiger partial charge in [-0.3, -0.25) is 4.72 Å². The Kier molecular flexibility index (Phi) is 4.35. The highest BCUT2D eigenvalue weighted by atomic mass is 127. The number of hydrogen-bond acceptors (Lipinski definition) is 3. The molecular formula is C9H13IN2O2S. The van der Waals surface area contributed by atoms with Gasteiger partial charge in [-0.2, -0.15) is 0 Å². The number of para-hydroxylation sites is 1. The molecule has 0 saturated heterocycles. The second-order valence-electron chi connectivity index (χ2n) is 3.17. The van der Waals surface area contributed by atoms with Crippen molar-refractivity contribution in [1.82, 2.24) is 0 Å². The van der Waals surface area contributed by atoms with E-state index in [9.17, 15) is 8.42 Å².